The molecule has 1 aliphatic heterocycles. The van der Waals surface area contributed by atoms with Gasteiger partial charge in [0.25, 0.3) is 5.91 Å². The fourth-order valence-electron chi connectivity index (χ4n) is 2.53. The smallest absolute Gasteiger partial charge is 0.342 e. The maximum Gasteiger partial charge on any atom is 0.342 e. The number of benzene rings is 1. The Labute approximate surface area is 148 Å². The molecule has 1 aromatic heterocycles. The standard InChI is InChI=1S/C16H15ClF2N4O2/c1-22-12-9-20-15(17)21-13(12)23(10-16(18,19)14(22)24)7-8-25-11-5-3-2-4-6-11/h2-6,9H,7-8,10H2,1H3. The highest BCUT2D eigenvalue weighted by Crippen LogP contribution is 2.35. The van der Waals surface area contributed by atoms with Gasteiger partial charge in [0.05, 0.1) is 19.3 Å². The number of ether oxygens (including phenoxy) is 1. The van der Waals surface area contributed by atoms with Gasteiger partial charge in [0.1, 0.15) is 18.0 Å². The van der Waals surface area contributed by atoms with E-state index in [0.29, 0.717) is 5.75 Å². The fourth-order valence-corrected chi connectivity index (χ4v) is 2.66. The van der Waals surface area contributed by atoms with Gasteiger partial charge in [-0.3, -0.25) is 4.79 Å². The number of aromatic nitrogens is 2. The SMILES string of the molecule is CN1C(=O)C(F)(F)CN(CCOc2ccccc2)c2nc(Cl)ncc21. The van der Waals surface area contributed by atoms with Crippen molar-refractivity contribution in [2.45, 2.75) is 5.92 Å². The fraction of sp³-hybridized carbons (Fsp3) is 0.312. The van der Waals surface area contributed by atoms with Crippen molar-refractivity contribution in [3.05, 3.63) is 41.8 Å². The van der Waals surface area contributed by atoms with Gasteiger partial charge in [-0.25, -0.2) is 4.98 Å². The molecule has 1 aromatic carbocycles. The first-order valence-electron chi connectivity index (χ1n) is 7.50. The molecule has 0 atom stereocenters. The molecule has 9 heteroatoms. The Morgan fingerprint density at radius 2 is 2.04 bits per heavy atom. The van der Waals surface area contributed by atoms with E-state index in [4.69, 9.17) is 16.3 Å². The summed E-state index contributed by atoms with van der Waals surface area (Å²) in [5.74, 6) is -4.08. The zero-order valence-corrected chi connectivity index (χ0v) is 14.1. The summed E-state index contributed by atoms with van der Waals surface area (Å²) in [5.41, 5.74) is 0.172. The van der Waals surface area contributed by atoms with Crippen LogP contribution >= 0.6 is 11.6 Å². The third-order valence-corrected chi connectivity index (χ3v) is 3.94. The highest BCUT2D eigenvalue weighted by atomic mass is 35.5. The van der Waals surface area contributed by atoms with Crippen LogP contribution in [0.4, 0.5) is 20.3 Å². The molecule has 1 amide bonds. The molecule has 132 valence electrons. The number of carbonyl (C=O) groups is 1. The average molecular weight is 369 g/mol. The van der Waals surface area contributed by atoms with Crippen molar-refractivity contribution >= 4 is 29.0 Å². The maximum atomic E-state index is 14.2. The van der Waals surface area contributed by atoms with E-state index in [1.165, 1.54) is 18.1 Å². The van der Waals surface area contributed by atoms with Crippen LogP contribution in [0.3, 0.4) is 0 Å². The van der Waals surface area contributed by atoms with Gasteiger partial charge in [-0.05, 0) is 23.7 Å². The van der Waals surface area contributed by atoms with Crippen LogP contribution in [0, 0.1) is 0 Å². The highest BCUT2D eigenvalue weighted by molar-refractivity contribution is 6.28. The predicted molar refractivity (Wildman–Crippen MR) is 89.5 cm³/mol. The van der Waals surface area contributed by atoms with E-state index in [2.05, 4.69) is 9.97 Å². The number of halogens is 3. The highest BCUT2D eigenvalue weighted by Gasteiger charge is 2.47. The summed E-state index contributed by atoms with van der Waals surface area (Å²) in [7, 11) is 1.26. The quantitative estimate of drug-likeness (QED) is 0.776. The van der Waals surface area contributed by atoms with Gasteiger partial charge >= 0.3 is 5.92 Å². The van der Waals surface area contributed by atoms with Crippen molar-refractivity contribution in [1.82, 2.24) is 9.97 Å². The minimum absolute atomic E-state index is 0.0845. The second-order valence-electron chi connectivity index (χ2n) is 5.50. The Morgan fingerprint density at radius 1 is 1.32 bits per heavy atom. The Hall–Kier alpha value is -2.48. The summed E-state index contributed by atoms with van der Waals surface area (Å²) >= 11 is 5.81. The number of para-hydroxylation sites is 1. The molecule has 0 saturated heterocycles. The molecule has 0 radical (unpaired) electrons. The van der Waals surface area contributed by atoms with Crippen molar-refractivity contribution < 1.29 is 18.3 Å². The van der Waals surface area contributed by atoms with E-state index in [-0.39, 0.29) is 29.9 Å². The minimum atomic E-state index is -3.56. The topological polar surface area (TPSA) is 58.6 Å². The molecule has 3 rings (SSSR count). The van der Waals surface area contributed by atoms with E-state index in [9.17, 15) is 13.6 Å². The van der Waals surface area contributed by atoms with Crippen LogP contribution in [0.5, 0.6) is 5.75 Å². The number of carbonyl (C=O) groups excluding carboxylic acids is 1. The van der Waals surface area contributed by atoms with Gasteiger partial charge < -0.3 is 14.5 Å². The molecule has 0 N–H and O–H groups in total. The summed E-state index contributed by atoms with van der Waals surface area (Å²) in [6.07, 6.45) is 1.26. The van der Waals surface area contributed by atoms with Crippen molar-refractivity contribution in [3.63, 3.8) is 0 Å². The summed E-state index contributed by atoms with van der Waals surface area (Å²) in [6.45, 7) is -0.570. The van der Waals surface area contributed by atoms with Crippen LogP contribution in [-0.4, -0.2) is 48.5 Å². The van der Waals surface area contributed by atoms with Crippen LogP contribution < -0.4 is 14.5 Å². The Bertz CT molecular complexity index is 776. The first kappa shape index (κ1) is 17.3. The van der Waals surface area contributed by atoms with E-state index < -0.39 is 18.4 Å². The lowest BCUT2D eigenvalue weighted by Crippen LogP contribution is -2.46. The van der Waals surface area contributed by atoms with Crippen molar-refractivity contribution in [1.29, 1.82) is 0 Å². The number of nitrogens with zero attached hydrogens (tertiary/aromatic N) is 4. The van der Waals surface area contributed by atoms with Gasteiger partial charge in [0.15, 0.2) is 5.82 Å². The third kappa shape index (κ3) is 3.63. The van der Waals surface area contributed by atoms with Crippen molar-refractivity contribution in [3.8, 4) is 5.75 Å². The van der Waals surface area contributed by atoms with Crippen LogP contribution in [0.15, 0.2) is 36.5 Å². The predicted octanol–water partition coefficient (Wildman–Crippen LogP) is 2.63. The summed E-state index contributed by atoms with van der Waals surface area (Å²) in [5, 5.41) is -0.0845. The summed E-state index contributed by atoms with van der Waals surface area (Å²) in [6, 6.07) is 9.00. The molecule has 0 unspecified atom stereocenters. The molecule has 0 aliphatic carbocycles. The number of anilines is 2. The van der Waals surface area contributed by atoms with Gasteiger partial charge in [-0.1, -0.05) is 18.2 Å². The molecule has 2 aromatic rings. The minimum Gasteiger partial charge on any atom is -0.492 e. The lowest BCUT2D eigenvalue weighted by atomic mass is 10.3. The normalized spacial score (nSPS) is 16.4. The van der Waals surface area contributed by atoms with Crippen LogP contribution in [0.25, 0.3) is 0 Å². The van der Waals surface area contributed by atoms with Crippen LogP contribution in [-0.2, 0) is 4.79 Å². The molecule has 0 spiro atoms. The molecule has 0 bridgehead atoms. The number of amides is 1. The van der Waals surface area contributed by atoms with E-state index in [1.54, 1.807) is 12.1 Å². The van der Waals surface area contributed by atoms with E-state index >= 15 is 0 Å². The monoisotopic (exact) mass is 368 g/mol. The zero-order chi connectivity index (χ0) is 18.0. The molecule has 0 saturated carbocycles. The Kier molecular flexibility index (Phi) is 4.71. The van der Waals surface area contributed by atoms with Crippen molar-refractivity contribution in [2.75, 3.05) is 36.5 Å². The summed E-state index contributed by atoms with van der Waals surface area (Å²) in [4.78, 5) is 21.9. The van der Waals surface area contributed by atoms with Gasteiger partial charge in [-0.2, -0.15) is 13.8 Å². The zero-order valence-electron chi connectivity index (χ0n) is 13.3. The lowest BCUT2D eigenvalue weighted by molar-refractivity contribution is -0.140. The second kappa shape index (κ2) is 6.79. The molecule has 1 aliphatic rings. The van der Waals surface area contributed by atoms with Gasteiger partial charge in [-0.15, -0.1) is 0 Å². The molecule has 6 nitrogen and oxygen atoms in total. The number of hydrogen-bond acceptors (Lipinski definition) is 5. The molecule has 0 fully saturated rings. The lowest BCUT2D eigenvalue weighted by Gasteiger charge is -2.24. The molecular formula is C16H15ClF2N4O2. The van der Waals surface area contributed by atoms with Gasteiger partial charge in [0, 0.05) is 7.05 Å². The average Bonchev–Trinajstić information content (AvgIpc) is 2.66. The van der Waals surface area contributed by atoms with Crippen LogP contribution in [0.1, 0.15) is 0 Å². The third-order valence-electron chi connectivity index (χ3n) is 3.76. The maximum absolute atomic E-state index is 14.2. The Morgan fingerprint density at radius 3 is 2.76 bits per heavy atom. The summed E-state index contributed by atoms with van der Waals surface area (Å²) < 4.78 is 34.0. The number of rotatable bonds is 4. The number of hydrogen-bond donors (Lipinski definition) is 0. The number of fused-ring (bicyclic) bond motifs is 1. The molecule has 25 heavy (non-hydrogen) atoms. The Balaban J connectivity index is 1.85. The second-order valence-corrected chi connectivity index (χ2v) is 5.84. The number of alkyl halides is 2. The largest absolute Gasteiger partial charge is 0.492 e. The first-order chi connectivity index (χ1) is 11.9. The molecular weight excluding hydrogens is 354 g/mol. The van der Waals surface area contributed by atoms with E-state index in [1.807, 2.05) is 18.2 Å². The van der Waals surface area contributed by atoms with E-state index in [0.717, 1.165) is 4.90 Å². The van der Waals surface area contributed by atoms with Gasteiger partial charge in [0.2, 0.25) is 5.28 Å². The van der Waals surface area contributed by atoms with Crippen LogP contribution in [0.2, 0.25) is 5.28 Å². The first-order valence-corrected chi connectivity index (χ1v) is 7.87. The molecule has 2 heterocycles. The van der Waals surface area contributed by atoms with Crippen molar-refractivity contribution in [2.24, 2.45) is 0 Å².